The number of hydrogen-bond donors (Lipinski definition) is 2. The van der Waals surface area contributed by atoms with Crippen LogP contribution in [0.5, 0.6) is 11.5 Å². The van der Waals surface area contributed by atoms with E-state index in [9.17, 15) is 14.4 Å². The first kappa shape index (κ1) is 22.7. The molecule has 7 nitrogen and oxygen atoms in total. The van der Waals surface area contributed by atoms with Crippen molar-refractivity contribution < 1.29 is 24.2 Å². The van der Waals surface area contributed by atoms with Crippen molar-refractivity contribution in [2.75, 3.05) is 10.7 Å². The third kappa shape index (κ3) is 5.30. The highest BCUT2D eigenvalue weighted by Crippen LogP contribution is 2.31. The number of anilines is 1. The van der Waals surface area contributed by atoms with E-state index in [1.54, 1.807) is 35.7 Å². The number of nitrogens with zero attached hydrogens (tertiary/aromatic N) is 1. The van der Waals surface area contributed by atoms with Crippen LogP contribution < -0.4 is 15.0 Å². The zero-order valence-electron chi connectivity index (χ0n) is 16.9. The van der Waals surface area contributed by atoms with Gasteiger partial charge in [-0.05, 0) is 66.1 Å². The predicted octanol–water partition coefficient (Wildman–Crippen LogP) is 4.55. The minimum Gasteiger partial charge on any atom is -0.481 e. The lowest BCUT2D eigenvalue weighted by Gasteiger charge is -2.29. The quantitative estimate of drug-likeness (QED) is 0.214. The molecule has 1 aromatic heterocycles. The second-order valence-corrected chi connectivity index (χ2v) is 9.05. The van der Waals surface area contributed by atoms with E-state index in [0.29, 0.717) is 27.0 Å². The van der Waals surface area contributed by atoms with Crippen molar-refractivity contribution in [2.24, 2.45) is 0 Å². The number of carbonyl (C=O) groups excluding carboxylic acids is 2. The molecule has 0 saturated carbocycles. The minimum atomic E-state index is -0.951. The third-order valence-corrected chi connectivity index (χ3v) is 6.80. The summed E-state index contributed by atoms with van der Waals surface area (Å²) < 4.78 is 5.78. The fourth-order valence-corrected chi connectivity index (χ4v) is 5.04. The molecule has 0 aliphatic carbocycles. The maximum Gasteiger partial charge on any atom is 0.313 e. The Morgan fingerprint density at radius 1 is 1.09 bits per heavy atom. The summed E-state index contributed by atoms with van der Waals surface area (Å²) in [6.45, 7) is 0. The topological polar surface area (TPSA) is 95.9 Å². The molecule has 1 aliphatic rings. The van der Waals surface area contributed by atoms with Gasteiger partial charge in [0.05, 0.1) is 11.4 Å². The minimum absolute atomic E-state index is 0.0227. The zero-order chi connectivity index (χ0) is 23.4. The monoisotopic (exact) mass is 496 g/mol. The molecule has 0 atom stereocenters. The molecular weight excluding hydrogens is 480 g/mol. The molecule has 33 heavy (non-hydrogen) atoms. The first-order valence-corrected chi connectivity index (χ1v) is 11.9. The highest BCUT2D eigenvalue weighted by molar-refractivity contribution is 8.00. The molecule has 1 saturated heterocycles. The number of benzene rings is 2. The number of carboxylic acids is 1. The lowest BCUT2D eigenvalue weighted by molar-refractivity contribution is -0.134. The van der Waals surface area contributed by atoms with Crippen LogP contribution in [-0.4, -0.2) is 33.8 Å². The zero-order valence-corrected chi connectivity index (χ0v) is 19.3. The Kier molecular flexibility index (Phi) is 6.87. The van der Waals surface area contributed by atoms with Crippen molar-refractivity contribution in [3.63, 3.8) is 0 Å². The highest BCUT2D eigenvalue weighted by Gasteiger charge is 2.34. The summed E-state index contributed by atoms with van der Waals surface area (Å²) in [7, 11) is 0. The van der Waals surface area contributed by atoms with Gasteiger partial charge in [0.15, 0.2) is 5.11 Å². The number of thiophene rings is 1. The van der Waals surface area contributed by atoms with E-state index >= 15 is 0 Å². The van der Waals surface area contributed by atoms with Crippen molar-refractivity contribution in [3.8, 4) is 11.5 Å². The first-order valence-electron chi connectivity index (χ1n) is 9.59. The number of carboxylic acid groups (broad SMARTS) is 1. The van der Waals surface area contributed by atoms with Crippen molar-refractivity contribution in [2.45, 2.75) is 4.90 Å². The van der Waals surface area contributed by atoms with Gasteiger partial charge in [-0.1, -0.05) is 18.2 Å². The third-order valence-electron chi connectivity index (χ3n) is 4.46. The highest BCUT2D eigenvalue weighted by atomic mass is 32.2. The standard InChI is InChI=1S/C23H16N2O5S3/c26-20(27)13-33-18-10-11-32-19(18)12-17-21(28)24-23(31)25(22(17)29)14-6-8-16(9-7-14)30-15-4-2-1-3-5-15/h1-12H,13H2,(H,26,27)(H,24,28,31). The van der Waals surface area contributed by atoms with Gasteiger partial charge in [-0.3, -0.25) is 24.6 Å². The fraction of sp³-hybridized carbons (Fsp3) is 0.0435. The SMILES string of the molecule is O=C(O)CSc1ccsc1C=C1C(=O)NC(=S)N(c2ccc(Oc3ccccc3)cc2)C1=O. The largest absolute Gasteiger partial charge is 0.481 e. The number of aliphatic carboxylic acids is 1. The summed E-state index contributed by atoms with van der Waals surface area (Å²) in [6, 6.07) is 17.8. The summed E-state index contributed by atoms with van der Waals surface area (Å²) in [5, 5.41) is 13.2. The maximum atomic E-state index is 13.2. The van der Waals surface area contributed by atoms with Crippen LogP contribution in [0.2, 0.25) is 0 Å². The molecule has 1 aliphatic heterocycles. The second kappa shape index (κ2) is 9.99. The van der Waals surface area contributed by atoms with Crippen molar-refractivity contribution in [3.05, 3.63) is 76.5 Å². The van der Waals surface area contributed by atoms with Gasteiger partial charge >= 0.3 is 5.97 Å². The Hall–Kier alpha value is -3.47. The van der Waals surface area contributed by atoms with E-state index in [1.807, 2.05) is 30.3 Å². The van der Waals surface area contributed by atoms with Gasteiger partial charge in [0.2, 0.25) is 0 Å². The molecule has 0 spiro atoms. The summed E-state index contributed by atoms with van der Waals surface area (Å²) in [6.07, 6.45) is 1.47. The van der Waals surface area contributed by atoms with Crippen LogP contribution in [0.3, 0.4) is 0 Å². The van der Waals surface area contributed by atoms with E-state index in [4.69, 9.17) is 22.1 Å². The Labute approximate surface area is 202 Å². The number of amides is 2. The first-order chi connectivity index (χ1) is 15.9. The van der Waals surface area contributed by atoms with Crippen LogP contribution in [-0.2, 0) is 14.4 Å². The van der Waals surface area contributed by atoms with E-state index in [-0.39, 0.29) is 16.4 Å². The molecule has 2 N–H and O–H groups in total. The maximum absolute atomic E-state index is 13.2. The normalized spacial score (nSPS) is 15.0. The number of ether oxygens (including phenoxy) is 1. The predicted molar refractivity (Wildman–Crippen MR) is 132 cm³/mol. The molecule has 0 bridgehead atoms. The van der Waals surface area contributed by atoms with E-state index in [0.717, 1.165) is 11.8 Å². The number of thiocarbonyl (C=S) groups is 1. The lowest BCUT2D eigenvalue weighted by atomic mass is 10.1. The summed E-state index contributed by atoms with van der Waals surface area (Å²) >= 11 is 7.68. The van der Waals surface area contributed by atoms with Crippen molar-refractivity contribution in [1.82, 2.24) is 5.32 Å². The molecule has 10 heteroatoms. The molecule has 4 rings (SSSR count). The molecule has 2 amide bonds. The van der Waals surface area contributed by atoms with Crippen molar-refractivity contribution >= 4 is 70.0 Å². The van der Waals surface area contributed by atoms with Gasteiger partial charge < -0.3 is 9.84 Å². The van der Waals surface area contributed by atoms with Gasteiger partial charge in [0, 0.05) is 9.77 Å². The Morgan fingerprint density at radius 2 is 1.79 bits per heavy atom. The van der Waals surface area contributed by atoms with Crippen LogP contribution in [0.15, 0.2) is 76.5 Å². The Bertz CT molecular complexity index is 1250. The van der Waals surface area contributed by atoms with Gasteiger partial charge in [0.25, 0.3) is 11.8 Å². The molecule has 1 fully saturated rings. The summed E-state index contributed by atoms with van der Waals surface area (Å²) in [4.78, 5) is 39.2. The number of para-hydroxylation sites is 1. The van der Waals surface area contributed by atoms with Crippen LogP contribution in [0.25, 0.3) is 6.08 Å². The van der Waals surface area contributed by atoms with Crippen LogP contribution >= 0.6 is 35.3 Å². The fourth-order valence-electron chi connectivity index (χ4n) is 2.98. The second-order valence-electron chi connectivity index (χ2n) is 6.70. The molecule has 3 aromatic rings. The number of hydrogen-bond acceptors (Lipinski definition) is 7. The number of thioether (sulfide) groups is 1. The molecule has 2 heterocycles. The smallest absolute Gasteiger partial charge is 0.313 e. The average molecular weight is 497 g/mol. The summed E-state index contributed by atoms with van der Waals surface area (Å²) in [5.74, 6) is -0.984. The molecule has 0 radical (unpaired) electrons. The van der Waals surface area contributed by atoms with Gasteiger partial charge in [0.1, 0.15) is 17.1 Å². The van der Waals surface area contributed by atoms with Crippen molar-refractivity contribution in [1.29, 1.82) is 0 Å². The molecular formula is C23H16N2O5S3. The van der Waals surface area contributed by atoms with Crippen LogP contribution in [0.4, 0.5) is 5.69 Å². The average Bonchev–Trinajstić information content (AvgIpc) is 3.24. The van der Waals surface area contributed by atoms with E-state index in [2.05, 4.69) is 5.32 Å². The van der Waals surface area contributed by atoms with Gasteiger partial charge in [-0.2, -0.15) is 0 Å². The Morgan fingerprint density at radius 3 is 2.48 bits per heavy atom. The molecule has 2 aromatic carbocycles. The van der Waals surface area contributed by atoms with E-state index < -0.39 is 17.8 Å². The Balaban J connectivity index is 1.57. The molecule has 166 valence electrons. The van der Waals surface area contributed by atoms with Gasteiger partial charge in [-0.25, -0.2) is 0 Å². The number of rotatable bonds is 7. The summed E-state index contributed by atoms with van der Waals surface area (Å²) in [5.41, 5.74) is 0.385. The van der Waals surface area contributed by atoms with Crippen LogP contribution in [0.1, 0.15) is 4.88 Å². The number of carbonyl (C=O) groups is 3. The van der Waals surface area contributed by atoms with E-state index in [1.165, 1.54) is 22.3 Å². The van der Waals surface area contributed by atoms with Crippen LogP contribution in [0, 0.1) is 0 Å². The number of nitrogens with one attached hydrogen (secondary N) is 1. The van der Waals surface area contributed by atoms with Gasteiger partial charge in [-0.15, -0.1) is 23.1 Å². The lowest BCUT2D eigenvalue weighted by Crippen LogP contribution is -2.54. The molecule has 0 unspecified atom stereocenters.